The molecule has 1 aromatic carbocycles. The van der Waals surface area contributed by atoms with Gasteiger partial charge in [0.05, 0.1) is 10.6 Å². The van der Waals surface area contributed by atoms with Gasteiger partial charge in [0.15, 0.2) is 5.13 Å². The number of nitrogens with two attached hydrogens (primary N) is 1. The van der Waals surface area contributed by atoms with E-state index in [1.807, 2.05) is 5.38 Å². The monoisotopic (exact) mass is 309 g/mol. The van der Waals surface area contributed by atoms with Crippen LogP contribution in [0.15, 0.2) is 34.5 Å². The van der Waals surface area contributed by atoms with Gasteiger partial charge in [0.2, 0.25) is 0 Å². The molecule has 0 spiro atoms. The molecule has 20 heavy (non-hydrogen) atoms. The predicted octanol–water partition coefficient (Wildman–Crippen LogP) is 2.28. The number of hydrogen-bond donors (Lipinski definition) is 2. The molecule has 0 amide bonds. The second-order valence-corrected chi connectivity index (χ2v) is 7.35. The summed E-state index contributed by atoms with van der Waals surface area (Å²) in [6.07, 6.45) is 2.30. The smallest absolute Gasteiger partial charge is 0.263 e. The summed E-state index contributed by atoms with van der Waals surface area (Å²) >= 11 is 1.33. The van der Waals surface area contributed by atoms with Crippen LogP contribution >= 0.6 is 11.3 Å². The van der Waals surface area contributed by atoms with Crippen molar-refractivity contribution in [1.29, 1.82) is 0 Å². The summed E-state index contributed by atoms with van der Waals surface area (Å²) in [6, 6.07) is 6.54. The quantitative estimate of drug-likeness (QED) is 0.887. The van der Waals surface area contributed by atoms with E-state index in [0.29, 0.717) is 17.6 Å². The van der Waals surface area contributed by atoms with Gasteiger partial charge in [0.1, 0.15) is 0 Å². The van der Waals surface area contributed by atoms with Crippen molar-refractivity contribution >= 4 is 26.5 Å². The zero-order chi connectivity index (χ0) is 14.2. The molecule has 0 bridgehead atoms. The fourth-order valence-corrected chi connectivity index (χ4v) is 3.92. The molecule has 5 nitrogen and oxygen atoms in total. The molecule has 3 N–H and O–H groups in total. The molecular formula is C13H15N3O2S2. The minimum absolute atomic E-state index is 0.220. The first-order chi connectivity index (χ1) is 9.58. The van der Waals surface area contributed by atoms with E-state index in [1.165, 1.54) is 11.3 Å². The Morgan fingerprint density at radius 3 is 2.60 bits per heavy atom. The standard InChI is InChI=1S/C13H15N3O2S2/c14-7-9-1-5-11(6-2-9)20(17,18)16-13-15-12(8-19-13)10-3-4-10/h1-2,5-6,8,10H,3-4,7,14H2,(H,15,16). The number of anilines is 1. The summed E-state index contributed by atoms with van der Waals surface area (Å²) in [5.74, 6) is 0.522. The van der Waals surface area contributed by atoms with Gasteiger partial charge in [-0.2, -0.15) is 0 Å². The molecule has 1 aliphatic rings. The van der Waals surface area contributed by atoms with E-state index in [4.69, 9.17) is 5.73 Å². The van der Waals surface area contributed by atoms with Gasteiger partial charge in [-0.3, -0.25) is 4.72 Å². The van der Waals surface area contributed by atoms with Crippen molar-refractivity contribution in [2.75, 3.05) is 4.72 Å². The van der Waals surface area contributed by atoms with Gasteiger partial charge < -0.3 is 5.73 Å². The molecule has 1 heterocycles. The van der Waals surface area contributed by atoms with Gasteiger partial charge in [-0.15, -0.1) is 11.3 Å². The van der Waals surface area contributed by atoms with Crippen molar-refractivity contribution < 1.29 is 8.42 Å². The molecule has 1 saturated carbocycles. The summed E-state index contributed by atoms with van der Waals surface area (Å²) in [5.41, 5.74) is 7.39. The summed E-state index contributed by atoms with van der Waals surface area (Å²) in [5, 5.41) is 2.35. The number of aromatic nitrogens is 1. The Balaban J connectivity index is 1.79. The van der Waals surface area contributed by atoms with Crippen LogP contribution in [0.25, 0.3) is 0 Å². The Kier molecular flexibility index (Phi) is 3.49. The van der Waals surface area contributed by atoms with Crippen molar-refractivity contribution in [2.24, 2.45) is 5.73 Å². The highest BCUT2D eigenvalue weighted by atomic mass is 32.2. The number of nitrogens with one attached hydrogen (secondary N) is 1. The van der Waals surface area contributed by atoms with Crippen LogP contribution in [0.1, 0.15) is 30.0 Å². The van der Waals surface area contributed by atoms with Gasteiger partial charge >= 0.3 is 0 Å². The highest BCUT2D eigenvalue weighted by molar-refractivity contribution is 7.93. The highest BCUT2D eigenvalue weighted by Gasteiger charge is 2.26. The zero-order valence-electron chi connectivity index (χ0n) is 10.7. The molecule has 0 unspecified atom stereocenters. The lowest BCUT2D eigenvalue weighted by Gasteiger charge is -2.05. The third-order valence-electron chi connectivity index (χ3n) is 3.21. The maximum atomic E-state index is 12.2. The first-order valence-corrected chi connectivity index (χ1v) is 8.72. The molecule has 1 aromatic heterocycles. The van der Waals surface area contributed by atoms with Gasteiger partial charge in [0, 0.05) is 17.8 Å². The highest BCUT2D eigenvalue weighted by Crippen LogP contribution is 2.41. The number of thiazole rings is 1. The van der Waals surface area contributed by atoms with E-state index in [0.717, 1.165) is 24.1 Å². The number of benzene rings is 1. The molecule has 1 fully saturated rings. The van der Waals surface area contributed by atoms with Gasteiger partial charge in [-0.1, -0.05) is 12.1 Å². The molecule has 106 valence electrons. The van der Waals surface area contributed by atoms with Crippen LogP contribution in [-0.4, -0.2) is 13.4 Å². The largest absolute Gasteiger partial charge is 0.326 e. The third-order valence-corrected chi connectivity index (χ3v) is 5.47. The van der Waals surface area contributed by atoms with Gasteiger partial charge in [0.25, 0.3) is 10.0 Å². The molecule has 3 rings (SSSR count). The van der Waals surface area contributed by atoms with Crippen LogP contribution in [0.5, 0.6) is 0 Å². The second kappa shape index (κ2) is 5.16. The lowest BCUT2D eigenvalue weighted by Crippen LogP contribution is -2.13. The van der Waals surface area contributed by atoms with E-state index in [-0.39, 0.29) is 4.90 Å². The van der Waals surface area contributed by atoms with E-state index < -0.39 is 10.0 Å². The molecule has 1 aliphatic carbocycles. The van der Waals surface area contributed by atoms with Crippen molar-refractivity contribution in [3.63, 3.8) is 0 Å². The average Bonchev–Trinajstić information content (AvgIpc) is 3.20. The minimum atomic E-state index is -3.57. The van der Waals surface area contributed by atoms with E-state index >= 15 is 0 Å². The Hall–Kier alpha value is -1.44. The lowest BCUT2D eigenvalue weighted by molar-refractivity contribution is 0.601. The summed E-state index contributed by atoms with van der Waals surface area (Å²) in [7, 11) is -3.57. The average molecular weight is 309 g/mol. The molecule has 0 atom stereocenters. The molecular weight excluding hydrogens is 294 g/mol. The van der Waals surface area contributed by atoms with Crippen LogP contribution in [0.3, 0.4) is 0 Å². The SMILES string of the molecule is NCc1ccc(S(=O)(=O)Nc2nc(C3CC3)cs2)cc1. The van der Waals surface area contributed by atoms with Crippen LogP contribution in [0, 0.1) is 0 Å². The second-order valence-electron chi connectivity index (χ2n) is 4.81. The third kappa shape index (κ3) is 2.84. The normalized spacial score (nSPS) is 15.2. The fraction of sp³-hybridized carbons (Fsp3) is 0.308. The maximum absolute atomic E-state index is 12.2. The van der Waals surface area contributed by atoms with Crippen LogP contribution in [0.2, 0.25) is 0 Å². The van der Waals surface area contributed by atoms with Crippen molar-refractivity contribution in [3.05, 3.63) is 40.9 Å². The van der Waals surface area contributed by atoms with Gasteiger partial charge in [-0.25, -0.2) is 13.4 Å². The Morgan fingerprint density at radius 2 is 2.00 bits per heavy atom. The topological polar surface area (TPSA) is 85.1 Å². The van der Waals surface area contributed by atoms with E-state index in [9.17, 15) is 8.42 Å². The Bertz CT molecular complexity index is 703. The van der Waals surface area contributed by atoms with Crippen molar-refractivity contribution in [3.8, 4) is 0 Å². The summed E-state index contributed by atoms with van der Waals surface area (Å²) < 4.78 is 27.0. The molecule has 2 aromatic rings. The summed E-state index contributed by atoms with van der Waals surface area (Å²) in [4.78, 5) is 4.55. The van der Waals surface area contributed by atoms with Crippen molar-refractivity contribution in [2.45, 2.75) is 30.2 Å². The Morgan fingerprint density at radius 1 is 1.30 bits per heavy atom. The van der Waals surface area contributed by atoms with Crippen LogP contribution < -0.4 is 10.5 Å². The first-order valence-electron chi connectivity index (χ1n) is 6.36. The molecule has 7 heteroatoms. The van der Waals surface area contributed by atoms with Crippen LogP contribution in [0.4, 0.5) is 5.13 Å². The number of hydrogen-bond acceptors (Lipinski definition) is 5. The zero-order valence-corrected chi connectivity index (χ0v) is 12.4. The number of sulfonamides is 1. The lowest BCUT2D eigenvalue weighted by atomic mass is 10.2. The van der Waals surface area contributed by atoms with E-state index in [2.05, 4.69) is 9.71 Å². The van der Waals surface area contributed by atoms with Gasteiger partial charge in [-0.05, 0) is 30.5 Å². The van der Waals surface area contributed by atoms with E-state index in [1.54, 1.807) is 24.3 Å². The molecule has 0 aliphatic heterocycles. The summed E-state index contributed by atoms with van der Waals surface area (Å²) in [6.45, 7) is 0.394. The first kappa shape index (κ1) is 13.5. The Labute approximate surface area is 121 Å². The maximum Gasteiger partial charge on any atom is 0.263 e. The number of nitrogens with zero attached hydrogens (tertiary/aromatic N) is 1. The van der Waals surface area contributed by atoms with Crippen LogP contribution in [-0.2, 0) is 16.6 Å². The predicted molar refractivity (Wildman–Crippen MR) is 79.2 cm³/mol. The minimum Gasteiger partial charge on any atom is -0.326 e. The van der Waals surface area contributed by atoms with Crippen molar-refractivity contribution in [1.82, 2.24) is 4.98 Å². The molecule has 0 radical (unpaired) electrons. The molecule has 0 saturated heterocycles. The number of rotatable bonds is 5. The fourth-order valence-electron chi connectivity index (χ4n) is 1.88.